The Morgan fingerprint density at radius 3 is 2.64 bits per heavy atom. The number of hydrogen-bond donors (Lipinski definition) is 1. The van der Waals surface area contributed by atoms with Crippen LogP contribution in [-0.4, -0.2) is 9.97 Å². The molecular formula is C6H7F2N3. The summed E-state index contributed by atoms with van der Waals surface area (Å²) in [6.45, 7) is 1.47. The minimum atomic E-state index is -2.61. The van der Waals surface area contributed by atoms with Crippen LogP contribution in [0.1, 0.15) is 17.8 Å². The van der Waals surface area contributed by atoms with Crippen molar-refractivity contribution in [1.82, 2.24) is 9.97 Å². The number of halogens is 2. The van der Waals surface area contributed by atoms with Crippen LogP contribution < -0.4 is 5.73 Å². The molecule has 0 radical (unpaired) electrons. The van der Waals surface area contributed by atoms with Crippen molar-refractivity contribution < 1.29 is 8.78 Å². The molecule has 0 saturated carbocycles. The Kier molecular flexibility index (Phi) is 1.98. The Morgan fingerprint density at radius 2 is 2.18 bits per heavy atom. The zero-order valence-electron chi connectivity index (χ0n) is 5.88. The van der Waals surface area contributed by atoms with Crippen molar-refractivity contribution in [3.8, 4) is 0 Å². The van der Waals surface area contributed by atoms with E-state index < -0.39 is 6.43 Å². The van der Waals surface area contributed by atoms with Crippen LogP contribution in [0.4, 0.5) is 14.6 Å². The third-order valence-electron chi connectivity index (χ3n) is 1.22. The summed E-state index contributed by atoms with van der Waals surface area (Å²) in [5, 5.41) is 0. The third kappa shape index (κ3) is 1.60. The van der Waals surface area contributed by atoms with Crippen molar-refractivity contribution in [3.63, 3.8) is 0 Å². The molecule has 60 valence electrons. The molecule has 0 saturated heterocycles. The molecule has 5 heteroatoms. The largest absolute Gasteiger partial charge is 0.382 e. The molecule has 1 heterocycles. The average molecular weight is 159 g/mol. The number of anilines is 1. The molecule has 1 aromatic heterocycles. The van der Waals surface area contributed by atoms with E-state index in [0.29, 0.717) is 0 Å². The van der Waals surface area contributed by atoms with Gasteiger partial charge >= 0.3 is 0 Å². The van der Waals surface area contributed by atoms with Crippen LogP contribution in [-0.2, 0) is 0 Å². The van der Waals surface area contributed by atoms with Gasteiger partial charge in [0.15, 0.2) is 0 Å². The van der Waals surface area contributed by atoms with Crippen molar-refractivity contribution in [2.45, 2.75) is 13.3 Å². The van der Waals surface area contributed by atoms with Crippen LogP contribution >= 0.6 is 0 Å². The van der Waals surface area contributed by atoms with Gasteiger partial charge in [-0.2, -0.15) is 0 Å². The summed E-state index contributed by atoms with van der Waals surface area (Å²) >= 11 is 0. The molecule has 1 aromatic rings. The van der Waals surface area contributed by atoms with Crippen molar-refractivity contribution in [2.24, 2.45) is 0 Å². The first-order valence-corrected chi connectivity index (χ1v) is 2.98. The van der Waals surface area contributed by atoms with Crippen LogP contribution in [0.5, 0.6) is 0 Å². The van der Waals surface area contributed by atoms with Crippen molar-refractivity contribution in [2.75, 3.05) is 5.73 Å². The molecule has 0 spiro atoms. The molecule has 0 unspecified atom stereocenters. The average Bonchev–Trinajstić information content (AvgIpc) is 1.94. The summed E-state index contributed by atoms with van der Waals surface area (Å²) < 4.78 is 24.1. The van der Waals surface area contributed by atoms with Crippen molar-refractivity contribution >= 4 is 5.82 Å². The van der Waals surface area contributed by atoms with Gasteiger partial charge in [0.25, 0.3) is 6.43 Å². The molecule has 2 N–H and O–H groups in total. The summed E-state index contributed by atoms with van der Waals surface area (Å²) in [5.41, 5.74) is 5.03. The molecule has 0 fully saturated rings. The van der Waals surface area contributed by atoms with Gasteiger partial charge in [-0.05, 0) is 6.92 Å². The number of aryl methyl sites for hydroxylation is 1. The fourth-order valence-corrected chi connectivity index (χ4v) is 0.685. The smallest absolute Gasteiger partial charge is 0.282 e. The predicted molar refractivity (Wildman–Crippen MR) is 36.1 cm³/mol. The maximum atomic E-state index is 12.0. The fourth-order valence-electron chi connectivity index (χ4n) is 0.685. The monoisotopic (exact) mass is 159 g/mol. The quantitative estimate of drug-likeness (QED) is 0.672. The van der Waals surface area contributed by atoms with E-state index in [0.717, 1.165) is 0 Å². The van der Waals surface area contributed by atoms with E-state index in [9.17, 15) is 8.78 Å². The van der Waals surface area contributed by atoms with Gasteiger partial charge in [-0.1, -0.05) is 0 Å². The van der Waals surface area contributed by atoms with Crippen LogP contribution in [0.25, 0.3) is 0 Å². The van der Waals surface area contributed by atoms with E-state index in [1.54, 1.807) is 0 Å². The van der Waals surface area contributed by atoms with Crippen LogP contribution in [0.15, 0.2) is 6.20 Å². The standard InChI is InChI=1S/C6H7F2N3/c1-3-5(6(7)8)11-4(9)2-10-3/h2,6H,1H3,(H2,9,11). The van der Waals surface area contributed by atoms with E-state index in [4.69, 9.17) is 5.73 Å². The number of aromatic nitrogens is 2. The Labute approximate surface area is 62.3 Å². The second kappa shape index (κ2) is 2.77. The number of alkyl halides is 2. The lowest BCUT2D eigenvalue weighted by molar-refractivity contribution is 0.145. The minimum Gasteiger partial charge on any atom is -0.382 e. The second-order valence-corrected chi connectivity index (χ2v) is 2.07. The normalized spacial score (nSPS) is 10.5. The maximum Gasteiger partial charge on any atom is 0.282 e. The van der Waals surface area contributed by atoms with Gasteiger partial charge in [-0.3, -0.25) is 4.98 Å². The molecule has 0 aliphatic carbocycles. The number of hydrogen-bond acceptors (Lipinski definition) is 3. The molecule has 1 rings (SSSR count). The minimum absolute atomic E-state index is 0.0194. The predicted octanol–water partition coefficient (Wildman–Crippen LogP) is 1.30. The number of nitrogens with two attached hydrogens (primary N) is 1. The molecular weight excluding hydrogens is 152 g/mol. The summed E-state index contributed by atoms with van der Waals surface area (Å²) in [6, 6.07) is 0. The Morgan fingerprint density at radius 1 is 1.55 bits per heavy atom. The van der Waals surface area contributed by atoms with Crippen LogP contribution in [0.3, 0.4) is 0 Å². The van der Waals surface area contributed by atoms with Gasteiger partial charge in [-0.25, -0.2) is 13.8 Å². The Bertz CT molecular complexity index is 262. The molecule has 0 amide bonds. The fraction of sp³-hybridized carbons (Fsp3) is 0.333. The summed E-state index contributed by atoms with van der Waals surface area (Å²) in [5.74, 6) is 0.0194. The lowest BCUT2D eigenvalue weighted by atomic mass is 10.3. The molecule has 3 nitrogen and oxygen atoms in total. The summed E-state index contributed by atoms with van der Waals surface area (Å²) in [7, 11) is 0. The zero-order chi connectivity index (χ0) is 8.43. The van der Waals surface area contributed by atoms with Gasteiger partial charge in [0.1, 0.15) is 11.5 Å². The van der Waals surface area contributed by atoms with E-state index in [2.05, 4.69) is 9.97 Å². The van der Waals surface area contributed by atoms with Crippen LogP contribution in [0, 0.1) is 6.92 Å². The number of rotatable bonds is 1. The molecule has 0 bridgehead atoms. The van der Waals surface area contributed by atoms with Crippen LogP contribution in [0.2, 0.25) is 0 Å². The summed E-state index contributed by atoms with van der Waals surface area (Å²) in [4.78, 5) is 7.07. The third-order valence-corrected chi connectivity index (χ3v) is 1.22. The highest BCUT2D eigenvalue weighted by Gasteiger charge is 2.12. The Balaban J connectivity index is 3.13. The highest BCUT2D eigenvalue weighted by Crippen LogP contribution is 2.18. The van der Waals surface area contributed by atoms with Crippen molar-refractivity contribution in [1.29, 1.82) is 0 Å². The van der Waals surface area contributed by atoms with E-state index in [1.165, 1.54) is 13.1 Å². The van der Waals surface area contributed by atoms with Gasteiger partial charge < -0.3 is 5.73 Å². The molecule has 11 heavy (non-hydrogen) atoms. The highest BCUT2D eigenvalue weighted by atomic mass is 19.3. The molecule has 0 aromatic carbocycles. The lowest BCUT2D eigenvalue weighted by Crippen LogP contribution is -2.01. The zero-order valence-corrected chi connectivity index (χ0v) is 5.88. The maximum absolute atomic E-state index is 12.0. The highest BCUT2D eigenvalue weighted by molar-refractivity contribution is 5.27. The Hall–Kier alpha value is -1.26. The van der Waals surface area contributed by atoms with Crippen molar-refractivity contribution in [3.05, 3.63) is 17.6 Å². The number of nitrogen functional groups attached to an aromatic ring is 1. The number of nitrogens with zero attached hydrogens (tertiary/aromatic N) is 2. The molecule has 0 aliphatic rings. The molecule has 0 aliphatic heterocycles. The van der Waals surface area contributed by atoms with E-state index in [-0.39, 0.29) is 17.2 Å². The second-order valence-electron chi connectivity index (χ2n) is 2.07. The first-order valence-electron chi connectivity index (χ1n) is 2.98. The lowest BCUT2D eigenvalue weighted by Gasteiger charge is -2.01. The van der Waals surface area contributed by atoms with E-state index in [1.807, 2.05) is 0 Å². The first-order chi connectivity index (χ1) is 5.11. The van der Waals surface area contributed by atoms with Gasteiger partial charge in [0, 0.05) is 0 Å². The topological polar surface area (TPSA) is 51.8 Å². The molecule has 0 atom stereocenters. The van der Waals surface area contributed by atoms with Gasteiger partial charge in [0.2, 0.25) is 0 Å². The summed E-state index contributed by atoms with van der Waals surface area (Å²) in [6.07, 6.45) is -1.35. The van der Waals surface area contributed by atoms with Gasteiger partial charge in [-0.15, -0.1) is 0 Å². The first kappa shape index (κ1) is 7.84. The SMILES string of the molecule is Cc1ncc(N)nc1C(F)F. The van der Waals surface area contributed by atoms with Gasteiger partial charge in [0.05, 0.1) is 11.9 Å². The van der Waals surface area contributed by atoms with E-state index >= 15 is 0 Å².